The van der Waals surface area contributed by atoms with Crippen LogP contribution in [0, 0.1) is 11.8 Å². The molecule has 0 saturated carbocycles. The molecule has 4 nitrogen and oxygen atoms in total. The van der Waals surface area contributed by atoms with Crippen LogP contribution in [-0.2, 0) is 4.74 Å². The molecule has 22 heavy (non-hydrogen) atoms. The third kappa shape index (κ3) is 3.40. The Bertz CT molecular complexity index is 539. The predicted octanol–water partition coefficient (Wildman–Crippen LogP) is 3.75. The quantitative estimate of drug-likeness (QED) is 0.758. The number of carbonyl (C=O) groups excluding carboxylic acids is 1. The lowest BCUT2D eigenvalue weighted by atomic mass is 10.0. The van der Waals surface area contributed by atoms with Crippen LogP contribution >= 0.6 is 15.9 Å². The summed E-state index contributed by atoms with van der Waals surface area (Å²) in [6.45, 7) is 9.40. The monoisotopic (exact) mass is 366 g/mol. The number of anilines is 1. The van der Waals surface area contributed by atoms with Gasteiger partial charge in [-0.3, -0.25) is 0 Å². The van der Waals surface area contributed by atoms with Gasteiger partial charge in [-0.25, -0.2) is 4.79 Å². The minimum Gasteiger partial charge on any atom is -0.444 e. The van der Waals surface area contributed by atoms with E-state index in [1.54, 1.807) is 0 Å². The Morgan fingerprint density at radius 2 is 1.64 bits per heavy atom. The van der Waals surface area contributed by atoms with E-state index >= 15 is 0 Å². The van der Waals surface area contributed by atoms with Crippen LogP contribution in [0.5, 0.6) is 0 Å². The average Bonchev–Trinajstić information content (AvgIpc) is 2.95. The summed E-state index contributed by atoms with van der Waals surface area (Å²) in [5.74, 6) is 1.10. The van der Waals surface area contributed by atoms with Crippen LogP contribution < -0.4 is 4.90 Å². The van der Waals surface area contributed by atoms with E-state index in [2.05, 4.69) is 45.1 Å². The van der Waals surface area contributed by atoms with Crippen molar-refractivity contribution in [1.29, 1.82) is 0 Å². The zero-order valence-corrected chi connectivity index (χ0v) is 15.0. The molecule has 0 aromatic heterocycles. The highest BCUT2D eigenvalue weighted by atomic mass is 79.9. The maximum absolute atomic E-state index is 12.2. The number of likely N-dealkylation sites (tertiary alicyclic amines) is 1. The van der Waals surface area contributed by atoms with Gasteiger partial charge < -0.3 is 14.5 Å². The van der Waals surface area contributed by atoms with E-state index in [1.165, 1.54) is 5.69 Å². The molecule has 120 valence electrons. The minimum atomic E-state index is -0.418. The van der Waals surface area contributed by atoms with Crippen molar-refractivity contribution in [2.75, 3.05) is 31.1 Å². The summed E-state index contributed by atoms with van der Waals surface area (Å²) in [4.78, 5) is 16.5. The normalized spacial score (nSPS) is 24.5. The average molecular weight is 367 g/mol. The standard InChI is InChI=1S/C17H23BrN2O2/c1-17(2,3)22-16(21)20-10-12-8-19(9-13(12)11-20)15-6-4-14(18)5-7-15/h4-7,12-13H,8-11H2,1-3H3/t12-,13?/m1/s1. The van der Waals surface area contributed by atoms with Gasteiger partial charge in [0.2, 0.25) is 0 Å². The highest BCUT2D eigenvalue weighted by molar-refractivity contribution is 9.10. The summed E-state index contributed by atoms with van der Waals surface area (Å²) in [5.41, 5.74) is 0.847. The second kappa shape index (κ2) is 5.76. The minimum absolute atomic E-state index is 0.169. The summed E-state index contributed by atoms with van der Waals surface area (Å²) in [5, 5.41) is 0. The van der Waals surface area contributed by atoms with Crippen molar-refractivity contribution in [2.24, 2.45) is 11.8 Å². The van der Waals surface area contributed by atoms with E-state index in [0.29, 0.717) is 11.8 Å². The lowest BCUT2D eigenvalue weighted by molar-refractivity contribution is 0.0282. The first-order chi connectivity index (χ1) is 10.3. The maximum atomic E-state index is 12.2. The van der Waals surface area contributed by atoms with Crippen LogP contribution in [0.4, 0.5) is 10.5 Å². The Labute approximate surface area is 140 Å². The molecule has 0 spiro atoms. The van der Waals surface area contributed by atoms with Crippen molar-refractivity contribution in [1.82, 2.24) is 4.90 Å². The first-order valence-electron chi connectivity index (χ1n) is 7.80. The molecule has 2 heterocycles. The molecular weight excluding hydrogens is 344 g/mol. The van der Waals surface area contributed by atoms with E-state index in [-0.39, 0.29) is 6.09 Å². The lowest BCUT2D eigenvalue weighted by Gasteiger charge is -2.26. The molecule has 0 radical (unpaired) electrons. The molecule has 2 aliphatic heterocycles. The van der Waals surface area contributed by atoms with Crippen molar-refractivity contribution in [3.8, 4) is 0 Å². The van der Waals surface area contributed by atoms with Gasteiger partial charge in [-0.2, -0.15) is 0 Å². The summed E-state index contributed by atoms with van der Waals surface area (Å²) in [7, 11) is 0. The Hall–Kier alpha value is -1.23. The molecule has 1 amide bonds. The van der Waals surface area contributed by atoms with Gasteiger partial charge in [0.05, 0.1) is 0 Å². The number of carbonyl (C=O) groups is 1. The fourth-order valence-electron chi connectivity index (χ4n) is 3.33. The van der Waals surface area contributed by atoms with E-state index < -0.39 is 5.60 Å². The Kier molecular flexibility index (Phi) is 4.10. The fraction of sp³-hybridized carbons (Fsp3) is 0.588. The molecule has 3 rings (SSSR count). The lowest BCUT2D eigenvalue weighted by Crippen LogP contribution is -2.37. The van der Waals surface area contributed by atoms with Gasteiger partial charge in [-0.1, -0.05) is 15.9 Å². The third-order valence-electron chi connectivity index (χ3n) is 4.33. The number of rotatable bonds is 1. The van der Waals surface area contributed by atoms with E-state index in [4.69, 9.17) is 4.74 Å². The molecular formula is C17H23BrN2O2. The fourth-order valence-corrected chi connectivity index (χ4v) is 3.60. The Morgan fingerprint density at radius 1 is 1.09 bits per heavy atom. The molecule has 1 aromatic carbocycles. The number of nitrogens with zero attached hydrogens (tertiary/aromatic N) is 2. The number of hydrogen-bond acceptors (Lipinski definition) is 3. The highest BCUT2D eigenvalue weighted by Crippen LogP contribution is 2.34. The summed E-state index contributed by atoms with van der Waals surface area (Å²) in [6, 6.07) is 8.46. The largest absolute Gasteiger partial charge is 0.444 e. The van der Waals surface area contributed by atoms with Crippen molar-refractivity contribution in [2.45, 2.75) is 26.4 Å². The second-order valence-corrected chi connectivity index (χ2v) is 8.20. The number of hydrogen-bond donors (Lipinski definition) is 0. The molecule has 2 saturated heterocycles. The van der Waals surface area contributed by atoms with Crippen molar-refractivity contribution in [3.63, 3.8) is 0 Å². The first-order valence-corrected chi connectivity index (χ1v) is 8.59. The van der Waals surface area contributed by atoms with Crippen LogP contribution in [0.3, 0.4) is 0 Å². The van der Waals surface area contributed by atoms with E-state index in [0.717, 1.165) is 30.7 Å². The Morgan fingerprint density at radius 3 is 2.14 bits per heavy atom. The van der Waals surface area contributed by atoms with E-state index in [1.807, 2.05) is 25.7 Å². The molecule has 2 atom stereocenters. The smallest absolute Gasteiger partial charge is 0.410 e. The molecule has 2 aliphatic rings. The van der Waals surface area contributed by atoms with Crippen LogP contribution in [0.25, 0.3) is 0 Å². The number of amides is 1. The van der Waals surface area contributed by atoms with Gasteiger partial charge in [-0.15, -0.1) is 0 Å². The number of fused-ring (bicyclic) bond motifs is 1. The SMILES string of the molecule is CC(C)(C)OC(=O)N1CC2CN(c3ccc(Br)cc3)C[C@@H]2C1. The van der Waals surface area contributed by atoms with Gasteiger partial charge in [0.1, 0.15) is 5.60 Å². The third-order valence-corrected chi connectivity index (χ3v) is 4.86. The van der Waals surface area contributed by atoms with Gasteiger partial charge in [-0.05, 0) is 45.0 Å². The van der Waals surface area contributed by atoms with Crippen molar-refractivity contribution >= 4 is 27.7 Å². The first kappa shape index (κ1) is 15.7. The molecule has 0 N–H and O–H groups in total. The molecule has 1 unspecified atom stereocenters. The highest BCUT2D eigenvalue weighted by Gasteiger charge is 2.42. The van der Waals surface area contributed by atoms with E-state index in [9.17, 15) is 4.79 Å². The number of benzene rings is 1. The van der Waals surface area contributed by atoms with Crippen LogP contribution in [0.15, 0.2) is 28.7 Å². The maximum Gasteiger partial charge on any atom is 0.410 e. The van der Waals surface area contributed by atoms with Gasteiger partial charge in [0.25, 0.3) is 0 Å². The van der Waals surface area contributed by atoms with Crippen LogP contribution in [0.1, 0.15) is 20.8 Å². The van der Waals surface area contributed by atoms with Crippen molar-refractivity contribution in [3.05, 3.63) is 28.7 Å². The van der Waals surface area contributed by atoms with Gasteiger partial charge >= 0.3 is 6.09 Å². The second-order valence-electron chi connectivity index (χ2n) is 7.29. The van der Waals surface area contributed by atoms with Gasteiger partial charge in [0, 0.05) is 48.2 Å². The zero-order chi connectivity index (χ0) is 15.9. The molecule has 2 fully saturated rings. The Balaban J connectivity index is 1.58. The predicted molar refractivity (Wildman–Crippen MR) is 91.1 cm³/mol. The molecule has 0 bridgehead atoms. The molecule has 5 heteroatoms. The topological polar surface area (TPSA) is 32.8 Å². The number of ether oxygens (including phenoxy) is 1. The van der Waals surface area contributed by atoms with Gasteiger partial charge in [0.15, 0.2) is 0 Å². The molecule has 1 aromatic rings. The summed E-state index contributed by atoms with van der Waals surface area (Å²) < 4.78 is 6.58. The molecule has 0 aliphatic carbocycles. The number of halogens is 1. The summed E-state index contributed by atoms with van der Waals surface area (Å²) >= 11 is 3.47. The zero-order valence-electron chi connectivity index (χ0n) is 13.4. The summed E-state index contributed by atoms with van der Waals surface area (Å²) in [6.07, 6.45) is -0.169. The van der Waals surface area contributed by atoms with Crippen LogP contribution in [0.2, 0.25) is 0 Å². The van der Waals surface area contributed by atoms with Crippen molar-refractivity contribution < 1.29 is 9.53 Å². The van der Waals surface area contributed by atoms with Crippen LogP contribution in [-0.4, -0.2) is 42.8 Å².